The van der Waals surface area contributed by atoms with Crippen LogP contribution in [0.15, 0.2) is 24.3 Å². The lowest BCUT2D eigenvalue weighted by Gasteiger charge is -2.40. The SMILES string of the molecule is CCCCCCCC/C=C/CC/C=C/C(O)C(COC1OC(CO)C(O)C(O)C1O)NC(=O)C(O)CCCCCCCCCCCCCCCCCCCCCCCCCCCCC. The van der Waals surface area contributed by atoms with Crippen LogP contribution >= 0.6 is 0 Å². The number of aliphatic hydroxyl groups is 6. The van der Waals surface area contributed by atoms with E-state index in [1.54, 1.807) is 6.08 Å². The van der Waals surface area contributed by atoms with Crippen molar-refractivity contribution in [1.82, 2.24) is 5.32 Å². The highest BCUT2D eigenvalue weighted by molar-refractivity contribution is 5.80. The summed E-state index contributed by atoms with van der Waals surface area (Å²) < 4.78 is 11.1. The minimum atomic E-state index is -1.61. The van der Waals surface area contributed by atoms with Gasteiger partial charge in [-0.1, -0.05) is 244 Å². The Morgan fingerprint density at radius 2 is 0.922 bits per heavy atom. The zero-order valence-electron chi connectivity index (χ0n) is 41.4. The van der Waals surface area contributed by atoms with Crippen LogP contribution in [0.1, 0.15) is 251 Å². The Hall–Kier alpha value is -1.37. The van der Waals surface area contributed by atoms with Crippen LogP contribution in [0.5, 0.6) is 0 Å². The average molecular weight is 910 g/mol. The topological polar surface area (TPSA) is 169 Å². The number of unbranched alkanes of at least 4 members (excludes halogenated alkanes) is 33. The van der Waals surface area contributed by atoms with E-state index in [0.717, 1.165) is 38.5 Å². The van der Waals surface area contributed by atoms with Crippen molar-refractivity contribution in [3.63, 3.8) is 0 Å². The Bertz CT molecular complexity index is 1070. The van der Waals surface area contributed by atoms with Crippen molar-refractivity contribution in [3.05, 3.63) is 24.3 Å². The minimum Gasteiger partial charge on any atom is -0.394 e. The van der Waals surface area contributed by atoms with Gasteiger partial charge in [-0.25, -0.2) is 0 Å². The van der Waals surface area contributed by atoms with E-state index in [0.29, 0.717) is 12.8 Å². The molecule has 1 rings (SSSR count). The molecule has 1 aliphatic heterocycles. The molecule has 8 unspecified atom stereocenters. The fourth-order valence-corrected chi connectivity index (χ4v) is 8.71. The van der Waals surface area contributed by atoms with E-state index in [-0.39, 0.29) is 6.61 Å². The Balaban J connectivity index is 2.21. The number of aliphatic hydroxyl groups excluding tert-OH is 6. The molecule has 64 heavy (non-hydrogen) atoms. The average Bonchev–Trinajstić information content (AvgIpc) is 3.29. The van der Waals surface area contributed by atoms with Crippen molar-refractivity contribution in [2.24, 2.45) is 0 Å². The van der Waals surface area contributed by atoms with Crippen molar-refractivity contribution < 1.29 is 44.9 Å². The highest BCUT2D eigenvalue weighted by Gasteiger charge is 2.44. The second-order valence-electron chi connectivity index (χ2n) is 19.2. The van der Waals surface area contributed by atoms with E-state index in [4.69, 9.17) is 9.47 Å². The van der Waals surface area contributed by atoms with Crippen molar-refractivity contribution in [2.45, 2.75) is 300 Å². The van der Waals surface area contributed by atoms with Gasteiger partial charge in [0.2, 0.25) is 5.91 Å². The van der Waals surface area contributed by atoms with Gasteiger partial charge < -0.3 is 45.4 Å². The summed E-state index contributed by atoms with van der Waals surface area (Å²) in [5, 5.41) is 64.8. The summed E-state index contributed by atoms with van der Waals surface area (Å²) >= 11 is 0. The molecule has 8 atom stereocenters. The number of amides is 1. The second kappa shape index (κ2) is 44.2. The van der Waals surface area contributed by atoms with Crippen molar-refractivity contribution in [1.29, 1.82) is 0 Å². The molecule has 10 nitrogen and oxygen atoms in total. The third kappa shape index (κ3) is 33.2. The fourth-order valence-electron chi connectivity index (χ4n) is 8.71. The van der Waals surface area contributed by atoms with E-state index in [2.05, 4.69) is 31.3 Å². The van der Waals surface area contributed by atoms with Crippen LogP contribution in [0.2, 0.25) is 0 Å². The first-order valence-corrected chi connectivity index (χ1v) is 27.2. The maximum absolute atomic E-state index is 13.1. The molecule has 1 saturated heterocycles. The molecule has 1 aliphatic rings. The first-order valence-electron chi connectivity index (χ1n) is 27.2. The zero-order chi connectivity index (χ0) is 46.7. The number of rotatable bonds is 46. The van der Waals surface area contributed by atoms with Gasteiger partial charge in [-0.15, -0.1) is 0 Å². The molecule has 0 aromatic heterocycles. The summed E-state index contributed by atoms with van der Waals surface area (Å²) in [5.41, 5.74) is 0. The normalized spacial score (nSPS) is 20.7. The Morgan fingerprint density at radius 3 is 1.36 bits per heavy atom. The van der Waals surface area contributed by atoms with E-state index in [9.17, 15) is 35.4 Å². The molecule has 1 heterocycles. The molecule has 0 aromatic carbocycles. The number of nitrogens with one attached hydrogen (secondary N) is 1. The van der Waals surface area contributed by atoms with Gasteiger partial charge in [0.1, 0.15) is 30.5 Å². The summed E-state index contributed by atoms with van der Waals surface area (Å²) in [6.07, 6.45) is 44.4. The number of carbonyl (C=O) groups is 1. The molecule has 1 amide bonds. The molecule has 0 aromatic rings. The Morgan fingerprint density at radius 1 is 0.531 bits per heavy atom. The number of allylic oxidation sites excluding steroid dienone is 3. The lowest BCUT2D eigenvalue weighted by Crippen LogP contribution is -2.60. The quantitative estimate of drug-likeness (QED) is 0.0232. The molecular weight excluding hydrogens is 807 g/mol. The molecular formula is C54H103NO9. The third-order valence-corrected chi connectivity index (χ3v) is 13.1. The monoisotopic (exact) mass is 910 g/mol. The van der Waals surface area contributed by atoms with Crippen LogP contribution in [-0.2, 0) is 14.3 Å². The first kappa shape index (κ1) is 60.6. The van der Waals surface area contributed by atoms with Gasteiger partial charge in [0.15, 0.2) is 6.29 Å². The Kier molecular flexibility index (Phi) is 41.8. The van der Waals surface area contributed by atoms with E-state index >= 15 is 0 Å². The molecule has 10 heteroatoms. The van der Waals surface area contributed by atoms with Crippen LogP contribution in [0.4, 0.5) is 0 Å². The molecule has 1 fully saturated rings. The lowest BCUT2D eigenvalue weighted by atomic mass is 9.99. The minimum absolute atomic E-state index is 0.308. The van der Waals surface area contributed by atoms with Crippen molar-refractivity contribution >= 4 is 5.91 Å². The summed E-state index contributed by atoms with van der Waals surface area (Å²) in [7, 11) is 0. The van der Waals surface area contributed by atoms with Crippen LogP contribution in [0.25, 0.3) is 0 Å². The van der Waals surface area contributed by atoms with E-state index in [1.165, 1.54) is 186 Å². The molecule has 0 radical (unpaired) electrons. The van der Waals surface area contributed by atoms with Gasteiger partial charge in [-0.05, 0) is 32.1 Å². The molecule has 0 saturated carbocycles. The summed E-state index contributed by atoms with van der Waals surface area (Å²) in [5.74, 6) is -0.623. The van der Waals surface area contributed by atoms with Gasteiger partial charge in [-0.3, -0.25) is 4.79 Å². The maximum atomic E-state index is 13.1. The number of hydrogen-bond acceptors (Lipinski definition) is 9. The standard InChI is InChI=1S/C54H103NO9/c1-3-5-7-9-11-13-15-17-18-19-20-21-22-23-24-25-26-27-28-29-30-31-33-35-37-39-41-43-48(58)53(62)55-46(45-63-54-52(61)51(60)50(59)49(44-56)64-54)47(57)42-40-38-36-34-32-16-14-12-10-8-6-4-2/h32,34,40,42,46-52,54,56-61H,3-31,33,35-39,41,43-45H2,1-2H3,(H,55,62)/b34-32+,42-40+. The highest BCUT2D eigenvalue weighted by Crippen LogP contribution is 2.23. The van der Waals surface area contributed by atoms with Gasteiger partial charge in [-0.2, -0.15) is 0 Å². The van der Waals surface area contributed by atoms with Crippen LogP contribution in [0.3, 0.4) is 0 Å². The van der Waals surface area contributed by atoms with Crippen LogP contribution < -0.4 is 5.32 Å². The third-order valence-electron chi connectivity index (χ3n) is 13.1. The summed E-state index contributed by atoms with van der Waals surface area (Å²) in [6.45, 7) is 3.59. The van der Waals surface area contributed by atoms with Crippen molar-refractivity contribution in [3.8, 4) is 0 Å². The molecule has 0 aliphatic carbocycles. The van der Waals surface area contributed by atoms with E-state index in [1.807, 2.05) is 6.08 Å². The smallest absolute Gasteiger partial charge is 0.249 e. The summed E-state index contributed by atoms with van der Waals surface area (Å²) in [4.78, 5) is 13.1. The molecule has 378 valence electrons. The van der Waals surface area contributed by atoms with Crippen molar-refractivity contribution in [2.75, 3.05) is 13.2 Å². The maximum Gasteiger partial charge on any atom is 0.249 e. The zero-order valence-corrected chi connectivity index (χ0v) is 41.4. The van der Waals surface area contributed by atoms with Crippen LogP contribution in [0, 0.1) is 0 Å². The summed E-state index contributed by atoms with van der Waals surface area (Å²) in [6, 6.07) is -0.993. The second-order valence-corrected chi connectivity index (χ2v) is 19.2. The van der Waals surface area contributed by atoms with Gasteiger partial charge in [0, 0.05) is 0 Å². The number of carbonyl (C=O) groups excluding carboxylic acids is 1. The largest absolute Gasteiger partial charge is 0.394 e. The van der Waals surface area contributed by atoms with Gasteiger partial charge >= 0.3 is 0 Å². The van der Waals surface area contributed by atoms with Gasteiger partial charge in [0.25, 0.3) is 0 Å². The first-order chi connectivity index (χ1) is 31.3. The van der Waals surface area contributed by atoms with E-state index < -0.39 is 61.5 Å². The predicted molar refractivity (Wildman–Crippen MR) is 264 cm³/mol. The predicted octanol–water partition coefficient (Wildman–Crippen LogP) is 11.6. The fraction of sp³-hybridized carbons (Fsp3) is 0.907. The van der Waals surface area contributed by atoms with Gasteiger partial charge in [0.05, 0.1) is 25.4 Å². The molecule has 0 spiro atoms. The van der Waals surface area contributed by atoms with Crippen LogP contribution in [-0.4, -0.2) is 98.7 Å². The number of hydrogen-bond donors (Lipinski definition) is 7. The number of ether oxygens (including phenoxy) is 2. The Labute approximate surface area is 392 Å². The molecule has 7 N–H and O–H groups in total. The molecule has 0 bridgehead atoms. The lowest BCUT2D eigenvalue weighted by molar-refractivity contribution is -0.302. The highest BCUT2D eigenvalue weighted by atomic mass is 16.7.